The zero-order chi connectivity index (χ0) is 14.3. The second kappa shape index (κ2) is 13.1. The van der Waals surface area contributed by atoms with Crippen LogP contribution in [0.2, 0.25) is 0 Å². The average molecular weight is 288 g/mol. The first kappa shape index (κ1) is 17.1. The molecule has 0 bridgehead atoms. The van der Waals surface area contributed by atoms with Gasteiger partial charge in [-0.2, -0.15) is 5.26 Å². The summed E-state index contributed by atoms with van der Waals surface area (Å²) in [6.07, 6.45) is 2.12. The van der Waals surface area contributed by atoms with E-state index in [0.717, 1.165) is 0 Å². The van der Waals surface area contributed by atoms with E-state index in [4.69, 9.17) is 28.9 Å². The highest BCUT2D eigenvalue weighted by molar-refractivity contribution is 4.72. The third-order valence-electron chi connectivity index (χ3n) is 2.64. The minimum atomic E-state index is 0.510. The second-order valence-electron chi connectivity index (χ2n) is 4.15. The van der Waals surface area contributed by atoms with Gasteiger partial charge in [0.2, 0.25) is 0 Å². The van der Waals surface area contributed by atoms with E-state index in [1.807, 2.05) is 0 Å². The van der Waals surface area contributed by atoms with E-state index in [-0.39, 0.29) is 0 Å². The lowest BCUT2D eigenvalue weighted by atomic mass is 10.5. The summed E-state index contributed by atoms with van der Waals surface area (Å²) in [6, 6.07) is 0. The van der Waals surface area contributed by atoms with E-state index >= 15 is 0 Å². The Kier molecular flexibility index (Phi) is 11.2. The molecule has 1 fully saturated rings. The molecule has 1 heterocycles. The smallest absolute Gasteiger partial charge is 0.179 e. The van der Waals surface area contributed by atoms with Crippen LogP contribution in [0.3, 0.4) is 0 Å². The predicted octanol–water partition coefficient (Wildman–Crippen LogP) is -0.134. The first-order valence-electron chi connectivity index (χ1n) is 6.97. The van der Waals surface area contributed by atoms with Crippen molar-refractivity contribution in [2.75, 3.05) is 79.2 Å². The van der Waals surface area contributed by atoms with E-state index in [1.54, 1.807) is 4.90 Å². The molecule has 0 spiro atoms. The van der Waals surface area contributed by atoms with Crippen LogP contribution in [0.25, 0.3) is 0 Å². The molecule has 0 aromatic rings. The van der Waals surface area contributed by atoms with Crippen molar-refractivity contribution in [1.29, 1.82) is 5.26 Å². The van der Waals surface area contributed by atoms with Crippen LogP contribution in [0, 0.1) is 11.5 Å². The molecule has 20 heavy (non-hydrogen) atoms. The summed E-state index contributed by atoms with van der Waals surface area (Å²) < 4.78 is 26.8. The molecule has 0 radical (unpaired) electrons. The van der Waals surface area contributed by atoms with Crippen molar-refractivity contribution in [2.45, 2.75) is 0 Å². The molecule has 1 aliphatic rings. The average Bonchev–Trinajstić information content (AvgIpc) is 2.47. The lowest BCUT2D eigenvalue weighted by Crippen LogP contribution is -2.27. The Labute approximate surface area is 120 Å². The SMILES string of the molecule is N#CN1CCOCCOCCOCCOCCOCC1. The van der Waals surface area contributed by atoms with Gasteiger partial charge in [0.15, 0.2) is 6.19 Å². The number of hydrogen-bond acceptors (Lipinski definition) is 7. The standard InChI is InChI=1S/C13H24N2O5/c14-13-15-1-3-16-5-7-18-9-11-20-12-10-19-8-6-17-4-2-15/h1-12H2. The summed E-state index contributed by atoms with van der Waals surface area (Å²) in [7, 11) is 0. The third-order valence-corrected chi connectivity index (χ3v) is 2.64. The minimum Gasteiger partial charge on any atom is -0.377 e. The largest absolute Gasteiger partial charge is 0.377 e. The van der Waals surface area contributed by atoms with Crippen LogP contribution < -0.4 is 0 Å². The first-order chi connectivity index (χ1) is 9.93. The van der Waals surface area contributed by atoms with Crippen molar-refractivity contribution in [3.63, 3.8) is 0 Å². The maximum atomic E-state index is 8.95. The van der Waals surface area contributed by atoms with Crippen molar-refractivity contribution in [3.8, 4) is 6.19 Å². The van der Waals surface area contributed by atoms with E-state index in [2.05, 4.69) is 6.19 Å². The number of ether oxygens (including phenoxy) is 5. The number of nitrogens with zero attached hydrogens (tertiary/aromatic N) is 2. The van der Waals surface area contributed by atoms with Crippen LogP contribution in [-0.2, 0) is 23.7 Å². The van der Waals surface area contributed by atoms with Crippen LogP contribution >= 0.6 is 0 Å². The maximum Gasteiger partial charge on any atom is 0.179 e. The van der Waals surface area contributed by atoms with Gasteiger partial charge in [-0.1, -0.05) is 0 Å². The van der Waals surface area contributed by atoms with Gasteiger partial charge in [-0.25, -0.2) is 0 Å². The Balaban J connectivity index is 2.16. The van der Waals surface area contributed by atoms with Crippen LogP contribution in [0.5, 0.6) is 0 Å². The fourth-order valence-electron chi connectivity index (χ4n) is 1.54. The topological polar surface area (TPSA) is 73.2 Å². The minimum absolute atomic E-state index is 0.510. The molecular formula is C13H24N2O5. The maximum absolute atomic E-state index is 8.95. The van der Waals surface area contributed by atoms with Gasteiger partial charge in [0, 0.05) is 0 Å². The van der Waals surface area contributed by atoms with Gasteiger partial charge in [-0.05, 0) is 0 Å². The lowest BCUT2D eigenvalue weighted by molar-refractivity contribution is -0.0160. The third kappa shape index (κ3) is 9.95. The fourth-order valence-corrected chi connectivity index (χ4v) is 1.54. The summed E-state index contributed by atoms with van der Waals surface area (Å²) in [5.41, 5.74) is 0. The zero-order valence-corrected chi connectivity index (χ0v) is 11.9. The van der Waals surface area contributed by atoms with E-state index < -0.39 is 0 Å². The zero-order valence-electron chi connectivity index (χ0n) is 11.9. The van der Waals surface area contributed by atoms with Gasteiger partial charge in [-0.15, -0.1) is 0 Å². The molecule has 0 unspecified atom stereocenters. The molecule has 0 aliphatic carbocycles. The fraction of sp³-hybridized carbons (Fsp3) is 0.923. The van der Waals surface area contributed by atoms with Gasteiger partial charge in [-0.3, -0.25) is 0 Å². The Hall–Kier alpha value is -0.910. The summed E-state index contributed by atoms with van der Waals surface area (Å²) in [5, 5.41) is 8.95. The molecule has 0 N–H and O–H groups in total. The Bertz CT molecular complexity index is 242. The van der Waals surface area contributed by atoms with Crippen LogP contribution in [0.1, 0.15) is 0 Å². The molecule has 0 aromatic carbocycles. The molecule has 1 aliphatic heterocycles. The summed E-state index contributed by atoms with van der Waals surface area (Å²) in [4.78, 5) is 1.62. The lowest BCUT2D eigenvalue weighted by Gasteiger charge is -2.16. The molecule has 1 rings (SSSR count). The van der Waals surface area contributed by atoms with Crippen molar-refractivity contribution in [2.24, 2.45) is 0 Å². The summed E-state index contributed by atoms with van der Waals surface area (Å²) in [5.74, 6) is 0. The molecule has 0 atom stereocenters. The van der Waals surface area contributed by atoms with Crippen molar-refractivity contribution in [1.82, 2.24) is 4.90 Å². The molecule has 1 saturated heterocycles. The second-order valence-corrected chi connectivity index (χ2v) is 4.15. The quantitative estimate of drug-likeness (QED) is 0.575. The Morgan fingerprint density at radius 2 is 0.850 bits per heavy atom. The van der Waals surface area contributed by atoms with Gasteiger partial charge < -0.3 is 28.6 Å². The predicted molar refractivity (Wildman–Crippen MR) is 71.3 cm³/mol. The Morgan fingerprint density at radius 3 is 1.15 bits per heavy atom. The van der Waals surface area contributed by atoms with E-state index in [9.17, 15) is 0 Å². The highest BCUT2D eigenvalue weighted by atomic mass is 16.6. The van der Waals surface area contributed by atoms with Crippen LogP contribution in [0.4, 0.5) is 0 Å². The molecule has 7 nitrogen and oxygen atoms in total. The van der Waals surface area contributed by atoms with E-state index in [1.165, 1.54) is 0 Å². The molecule has 116 valence electrons. The number of rotatable bonds is 0. The van der Waals surface area contributed by atoms with Gasteiger partial charge in [0.1, 0.15) is 0 Å². The Morgan fingerprint density at radius 1 is 0.550 bits per heavy atom. The molecule has 0 aromatic heterocycles. The van der Waals surface area contributed by atoms with Gasteiger partial charge in [0.05, 0.1) is 79.2 Å². The van der Waals surface area contributed by atoms with E-state index in [0.29, 0.717) is 79.2 Å². The molecule has 0 saturated carbocycles. The van der Waals surface area contributed by atoms with Crippen molar-refractivity contribution in [3.05, 3.63) is 0 Å². The normalized spacial score (nSPS) is 22.4. The number of hydrogen-bond donors (Lipinski definition) is 0. The van der Waals surface area contributed by atoms with Crippen LogP contribution in [0.15, 0.2) is 0 Å². The highest BCUT2D eigenvalue weighted by Crippen LogP contribution is 1.89. The highest BCUT2D eigenvalue weighted by Gasteiger charge is 2.02. The molecule has 0 amide bonds. The van der Waals surface area contributed by atoms with Gasteiger partial charge >= 0.3 is 0 Å². The van der Waals surface area contributed by atoms with Crippen LogP contribution in [-0.4, -0.2) is 84.1 Å². The summed E-state index contributed by atoms with van der Waals surface area (Å²) in [6.45, 7) is 6.51. The first-order valence-corrected chi connectivity index (χ1v) is 6.97. The molecule has 7 heteroatoms. The van der Waals surface area contributed by atoms with Crippen molar-refractivity contribution < 1.29 is 23.7 Å². The summed E-state index contributed by atoms with van der Waals surface area (Å²) >= 11 is 0. The van der Waals surface area contributed by atoms with Gasteiger partial charge in [0.25, 0.3) is 0 Å². The number of nitriles is 1. The monoisotopic (exact) mass is 288 g/mol. The van der Waals surface area contributed by atoms with Crippen molar-refractivity contribution >= 4 is 0 Å². The molecular weight excluding hydrogens is 264 g/mol.